The molecule has 0 radical (unpaired) electrons. The minimum Gasteiger partial charge on any atom is -0.466 e. The fourth-order valence-electron chi connectivity index (χ4n) is 1.78. The molecule has 0 spiro atoms. The van der Waals surface area contributed by atoms with Gasteiger partial charge < -0.3 is 18.9 Å². The van der Waals surface area contributed by atoms with Gasteiger partial charge in [-0.3, -0.25) is 4.79 Å². The molecule has 1 heterocycles. The number of esters is 2. The summed E-state index contributed by atoms with van der Waals surface area (Å²) in [4.78, 5) is 23.7. The van der Waals surface area contributed by atoms with E-state index in [1.807, 2.05) is 0 Å². The van der Waals surface area contributed by atoms with Gasteiger partial charge in [0.1, 0.15) is 6.10 Å². The summed E-state index contributed by atoms with van der Waals surface area (Å²) in [6.07, 6.45) is 1.25. The van der Waals surface area contributed by atoms with Crippen LogP contribution in [0.4, 0.5) is 0 Å². The molecule has 0 aromatic carbocycles. The highest BCUT2D eigenvalue weighted by Gasteiger charge is 2.36. The Bertz CT molecular complexity index is 434. The quantitative estimate of drug-likeness (QED) is 0.740. The van der Waals surface area contributed by atoms with E-state index in [0.717, 1.165) is 0 Å². The van der Waals surface area contributed by atoms with Crippen molar-refractivity contribution in [3.05, 3.63) is 11.6 Å². The molecular formula is C15H24O6. The van der Waals surface area contributed by atoms with Crippen LogP contribution in [0.1, 0.15) is 34.1 Å². The lowest BCUT2D eigenvalue weighted by molar-refractivity contribution is -0.217. The maximum absolute atomic E-state index is 12.0. The lowest BCUT2D eigenvalue weighted by Crippen LogP contribution is -2.36. The first-order chi connectivity index (χ1) is 9.61. The van der Waals surface area contributed by atoms with Crippen LogP contribution in [0.15, 0.2) is 11.6 Å². The Hall–Kier alpha value is -1.40. The molecule has 1 rings (SSSR count). The minimum absolute atomic E-state index is 0.0422. The summed E-state index contributed by atoms with van der Waals surface area (Å²) in [5, 5.41) is 0. The van der Waals surface area contributed by atoms with Crippen molar-refractivity contribution < 1.29 is 28.5 Å². The Morgan fingerprint density at radius 2 is 1.95 bits per heavy atom. The molecule has 0 aromatic rings. The van der Waals surface area contributed by atoms with Crippen molar-refractivity contribution in [1.82, 2.24) is 0 Å². The van der Waals surface area contributed by atoms with E-state index < -0.39 is 23.3 Å². The largest absolute Gasteiger partial charge is 0.466 e. The van der Waals surface area contributed by atoms with Crippen LogP contribution in [0, 0.1) is 5.41 Å². The monoisotopic (exact) mass is 300 g/mol. The third-order valence-corrected chi connectivity index (χ3v) is 3.24. The molecule has 6 nitrogen and oxygen atoms in total. The minimum atomic E-state index is -0.935. The van der Waals surface area contributed by atoms with Crippen molar-refractivity contribution in [1.29, 1.82) is 0 Å². The van der Waals surface area contributed by atoms with Crippen LogP contribution >= 0.6 is 0 Å². The molecule has 21 heavy (non-hydrogen) atoms. The number of hydrogen-bond donors (Lipinski definition) is 0. The molecule has 1 aliphatic heterocycles. The van der Waals surface area contributed by atoms with Crippen LogP contribution in [0.3, 0.4) is 0 Å². The molecule has 2 atom stereocenters. The molecule has 6 heteroatoms. The summed E-state index contributed by atoms with van der Waals surface area (Å²) in [5.74, 6) is -1.80. The Morgan fingerprint density at radius 1 is 1.33 bits per heavy atom. The van der Waals surface area contributed by atoms with Crippen LogP contribution in [0.5, 0.6) is 0 Å². The van der Waals surface area contributed by atoms with Gasteiger partial charge in [-0.2, -0.15) is 0 Å². The van der Waals surface area contributed by atoms with E-state index in [9.17, 15) is 9.59 Å². The van der Waals surface area contributed by atoms with Crippen LogP contribution in [-0.2, 0) is 28.5 Å². The standard InChI is InChI=1S/C15H24O6/c1-14(2,3)13(17)21-11-7-10(12(16)18-5)9-20-15(4,8-11)19-6/h7,11H,8-9H2,1-6H3. The highest BCUT2D eigenvalue weighted by molar-refractivity contribution is 5.88. The smallest absolute Gasteiger partial charge is 0.335 e. The first kappa shape index (κ1) is 17.7. The van der Waals surface area contributed by atoms with E-state index in [4.69, 9.17) is 18.9 Å². The van der Waals surface area contributed by atoms with Gasteiger partial charge in [0.05, 0.1) is 24.7 Å². The molecule has 0 saturated heterocycles. The molecule has 0 amide bonds. The zero-order valence-electron chi connectivity index (χ0n) is 13.5. The summed E-state index contributed by atoms with van der Waals surface area (Å²) in [6, 6.07) is 0. The Morgan fingerprint density at radius 3 is 2.43 bits per heavy atom. The SMILES string of the molecule is COC(=O)C1=CC(OC(=O)C(C)(C)C)CC(C)(OC)OC1. The molecule has 0 aromatic heterocycles. The predicted molar refractivity (Wildman–Crippen MR) is 75.4 cm³/mol. The van der Waals surface area contributed by atoms with Gasteiger partial charge in [-0.25, -0.2) is 4.79 Å². The molecule has 0 saturated carbocycles. The number of ether oxygens (including phenoxy) is 4. The van der Waals surface area contributed by atoms with Gasteiger partial charge in [0.15, 0.2) is 5.79 Å². The first-order valence-corrected chi connectivity index (χ1v) is 6.80. The molecule has 0 bridgehead atoms. The van der Waals surface area contributed by atoms with Crippen molar-refractivity contribution in [3.8, 4) is 0 Å². The van der Waals surface area contributed by atoms with E-state index in [1.165, 1.54) is 14.2 Å². The molecule has 0 N–H and O–H groups in total. The van der Waals surface area contributed by atoms with Crippen molar-refractivity contribution in [2.45, 2.75) is 46.0 Å². The van der Waals surface area contributed by atoms with Crippen molar-refractivity contribution in [2.24, 2.45) is 5.41 Å². The number of methoxy groups -OCH3 is 2. The van der Waals surface area contributed by atoms with Gasteiger partial charge in [0.25, 0.3) is 0 Å². The third-order valence-electron chi connectivity index (χ3n) is 3.24. The molecule has 120 valence electrons. The fraction of sp³-hybridized carbons (Fsp3) is 0.733. The molecule has 2 unspecified atom stereocenters. The third kappa shape index (κ3) is 4.82. The Balaban J connectivity index is 2.98. The normalized spacial score (nSPS) is 26.6. The maximum atomic E-state index is 12.0. The molecule has 0 aliphatic carbocycles. The number of hydrogen-bond acceptors (Lipinski definition) is 6. The number of rotatable bonds is 3. The van der Waals surface area contributed by atoms with Gasteiger partial charge in [-0.15, -0.1) is 0 Å². The van der Waals surface area contributed by atoms with Gasteiger partial charge in [-0.05, 0) is 33.8 Å². The summed E-state index contributed by atoms with van der Waals surface area (Å²) in [5.41, 5.74) is -0.319. The van der Waals surface area contributed by atoms with E-state index in [0.29, 0.717) is 12.0 Å². The van der Waals surface area contributed by atoms with Gasteiger partial charge in [0.2, 0.25) is 0 Å². The highest BCUT2D eigenvalue weighted by Crippen LogP contribution is 2.28. The fourth-order valence-corrected chi connectivity index (χ4v) is 1.78. The van der Waals surface area contributed by atoms with Gasteiger partial charge in [-0.1, -0.05) is 0 Å². The zero-order chi connectivity index (χ0) is 16.3. The molecular weight excluding hydrogens is 276 g/mol. The van der Waals surface area contributed by atoms with Crippen molar-refractivity contribution >= 4 is 11.9 Å². The second-order valence-electron chi connectivity index (χ2n) is 6.21. The van der Waals surface area contributed by atoms with E-state index in [-0.39, 0.29) is 12.6 Å². The second-order valence-corrected chi connectivity index (χ2v) is 6.21. The Kier molecular flexibility index (Phi) is 5.53. The van der Waals surface area contributed by atoms with Crippen molar-refractivity contribution in [3.63, 3.8) is 0 Å². The maximum Gasteiger partial charge on any atom is 0.335 e. The van der Waals surface area contributed by atoms with Gasteiger partial charge >= 0.3 is 11.9 Å². The average Bonchev–Trinajstić information content (AvgIpc) is 2.57. The molecule has 0 fully saturated rings. The van der Waals surface area contributed by atoms with Crippen LogP contribution in [-0.4, -0.2) is 44.7 Å². The summed E-state index contributed by atoms with van der Waals surface area (Å²) >= 11 is 0. The average molecular weight is 300 g/mol. The van der Waals surface area contributed by atoms with Crippen LogP contribution in [0.2, 0.25) is 0 Å². The van der Waals surface area contributed by atoms with Crippen LogP contribution < -0.4 is 0 Å². The molecule has 1 aliphatic rings. The lowest BCUT2D eigenvalue weighted by Gasteiger charge is -2.29. The second kappa shape index (κ2) is 6.58. The summed E-state index contributed by atoms with van der Waals surface area (Å²) < 4.78 is 21.1. The summed E-state index contributed by atoms with van der Waals surface area (Å²) in [7, 11) is 2.80. The summed E-state index contributed by atoms with van der Waals surface area (Å²) in [6.45, 7) is 7.08. The first-order valence-electron chi connectivity index (χ1n) is 6.80. The van der Waals surface area contributed by atoms with E-state index >= 15 is 0 Å². The van der Waals surface area contributed by atoms with Gasteiger partial charge in [0, 0.05) is 13.5 Å². The Labute approximate surface area is 125 Å². The van der Waals surface area contributed by atoms with E-state index in [1.54, 1.807) is 33.8 Å². The number of carbonyl (C=O) groups is 2. The van der Waals surface area contributed by atoms with E-state index in [2.05, 4.69) is 0 Å². The lowest BCUT2D eigenvalue weighted by atomic mass is 9.97. The van der Waals surface area contributed by atoms with Crippen LogP contribution in [0.25, 0.3) is 0 Å². The van der Waals surface area contributed by atoms with Crippen molar-refractivity contribution in [2.75, 3.05) is 20.8 Å². The topological polar surface area (TPSA) is 71.1 Å². The highest BCUT2D eigenvalue weighted by atomic mass is 16.7. The predicted octanol–water partition coefficient (Wildman–Crippen LogP) is 1.83. The number of carbonyl (C=O) groups excluding carboxylic acids is 2. The zero-order valence-corrected chi connectivity index (χ0v) is 13.5.